The summed E-state index contributed by atoms with van der Waals surface area (Å²) in [5.41, 5.74) is -1.13. The van der Waals surface area contributed by atoms with Gasteiger partial charge >= 0.3 is 18.2 Å². The van der Waals surface area contributed by atoms with Crippen molar-refractivity contribution in [3.8, 4) is 0 Å². The Balaban J connectivity index is 2.09. The summed E-state index contributed by atoms with van der Waals surface area (Å²) in [5.74, 6) is -0.115. The number of rotatable bonds is 18. The van der Waals surface area contributed by atoms with Gasteiger partial charge in [-0.3, -0.25) is 4.79 Å². The van der Waals surface area contributed by atoms with E-state index in [9.17, 15) is 31.2 Å². The molecule has 1 rings (SSSR count). The molecular formula is C25H38ClF3N2O5S. The summed E-state index contributed by atoms with van der Waals surface area (Å²) in [5, 5.41) is 4.26. The second-order valence-electron chi connectivity index (χ2n) is 8.82. The minimum atomic E-state index is -4.65. The number of carbonyl (C=O) groups is 2. The zero-order valence-corrected chi connectivity index (χ0v) is 22.9. The number of amides is 2. The number of alkyl halides is 3. The Morgan fingerprint density at radius 3 is 2.08 bits per heavy atom. The highest BCUT2D eigenvalue weighted by atomic mass is 35.5. The Bertz CT molecular complexity index is 943. The van der Waals surface area contributed by atoms with Crippen molar-refractivity contribution in [2.45, 2.75) is 83.7 Å². The summed E-state index contributed by atoms with van der Waals surface area (Å²) in [6.45, 7) is 2.29. The van der Waals surface area contributed by atoms with Gasteiger partial charge in [0, 0.05) is 18.7 Å². The zero-order valence-electron chi connectivity index (χ0n) is 21.3. The largest absolute Gasteiger partial charge is 0.466 e. The average molecular weight is 571 g/mol. The number of ether oxygens (including phenoxy) is 1. The van der Waals surface area contributed by atoms with Gasteiger partial charge in [0.25, 0.3) is 0 Å². The molecule has 0 radical (unpaired) electrons. The molecule has 1 aromatic rings. The fourth-order valence-corrected chi connectivity index (χ4v) is 5.31. The number of halogens is 4. The van der Waals surface area contributed by atoms with Gasteiger partial charge in [-0.1, -0.05) is 56.5 Å². The van der Waals surface area contributed by atoms with Crippen molar-refractivity contribution in [3.05, 3.63) is 28.8 Å². The maximum absolute atomic E-state index is 12.9. The number of sulfone groups is 1. The third kappa shape index (κ3) is 15.8. The molecule has 0 spiro atoms. The molecule has 0 unspecified atom stereocenters. The van der Waals surface area contributed by atoms with Gasteiger partial charge < -0.3 is 15.4 Å². The molecule has 0 fully saturated rings. The number of hydrogen-bond donors (Lipinski definition) is 2. The van der Waals surface area contributed by atoms with E-state index in [2.05, 4.69) is 10.6 Å². The number of urea groups is 1. The van der Waals surface area contributed by atoms with Crippen LogP contribution in [0.3, 0.4) is 0 Å². The second-order valence-corrected chi connectivity index (χ2v) is 11.5. The number of hydrogen-bond acceptors (Lipinski definition) is 5. The molecular weight excluding hydrogens is 533 g/mol. The van der Waals surface area contributed by atoms with E-state index in [1.165, 1.54) is 6.07 Å². The van der Waals surface area contributed by atoms with Gasteiger partial charge in [-0.15, -0.1) is 0 Å². The van der Waals surface area contributed by atoms with E-state index in [0.717, 1.165) is 63.5 Å². The molecule has 0 heterocycles. The molecule has 37 heavy (non-hydrogen) atoms. The number of esters is 1. The van der Waals surface area contributed by atoms with E-state index in [4.69, 9.17) is 16.3 Å². The zero-order chi connectivity index (χ0) is 27.7. The number of anilines is 1. The summed E-state index contributed by atoms with van der Waals surface area (Å²) < 4.78 is 67.9. The average Bonchev–Trinajstić information content (AvgIpc) is 2.81. The molecule has 0 aliphatic carbocycles. The van der Waals surface area contributed by atoms with Crippen LogP contribution in [0, 0.1) is 0 Å². The van der Waals surface area contributed by atoms with Crippen LogP contribution in [0.15, 0.2) is 18.2 Å². The predicted octanol–water partition coefficient (Wildman–Crippen LogP) is 6.75. The molecule has 1 aromatic carbocycles. The van der Waals surface area contributed by atoms with E-state index in [1.54, 1.807) is 6.92 Å². The maximum atomic E-state index is 12.9. The monoisotopic (exact) mass is 570 g/mol. The van der Waals surface area contributed by atoms with Crippen LogP contribution in [0.4, 0.5) is 23.7 Å². The lowest BCUT2D eigenvalue weighted by molar-refractivity contribution is -0.143. The lowest BCUT2D eigenvalue weighted by Crippen LogP contribution is -2.30. The Morgan fingerprint density at radius 2 is 1.49 bits per heavy atom. The third-order valence-electron chi connectivity index (χ3n) is 5.59. The van der Waals surface area contributed by atoms with Crippen LogP contribution in [-0.4, -0.2) is 45.1 Å². The Morgan fingerprint density at radius 1 is 0.919 bits per heavy atom. The van der Waals surface area contributed by atoms with E-state index < -0.39 is 32.6 Å². The lowest BCUT2D eigenvalue weighted by Gasteiger charge is -2.12. The van der Waals surface area contributed by atoms with Crippen LogP contribution >= 0.6 is 11.6 Å². The van der Waals surface area contributed by atoms with Crippen molar-refractivity contribution in [3.63, 3.8) is 0 Å². The molecule has 2 amide bonds. The van der Waals surface area contributed by atoms with Gasteiger partial charge in [0.2, 0.25) is 0 Å². The van der Waals surface area contributed by atoms with Crippen molar-refractivity contribution in [1.82, 2.24) is 5.32 Å². The first-order chi connectivity index (χ1) is 17.4. The highest BCUT2D eigenvalue weighted by Gasteiger charge is 2.33. The fourth-order valence-electron chi connectivity index (χ4n) is 3.65. The number of unbranched alkanes of at least 4 members (excludes halogenated alkanes) is 8. The van der Waals surface area contributed by atoms with E-state index in [-0.39, 0.29) is 36.1 Å². The van der Waals surface area contributed by atoms with Crippen molar-refractivity contribution >= 4 is 39.1 Å². The van der Waals surface area contributed by atoms with Crippen molar-refractivity contribution < 1.29 is 35.9 Å². The van der Waals surface area contributed by atoms with Gasteiger partial charge in [-0.05, 0) is 44.4 Å². The van der Waals surface area contributed by atoms with E-state index in [0.29, 0.717) is 19.4 Å². The highest BCUT2D eigenvalue weighted by molar-refractivity contribution is 7.91. The van der Waals surface area contributed by atoms with Gasteiger partial charge in [0.1, 0.15) is 9.84 Å². The predicted molar refractivity (Wildman–Crippen MR) is 140 cm³/mol. The Labute approximate surface area is 222 Å². The molecule has 0 atom stereocenters. The summed E-state index contributed by atoms with van der Waals surface area (Å²) in [7, 11) is -3.23. The first kappa shape index (κ1) is 33.0. The molecule has 12 heteroatoms. The van der Waals surface area contributed by atoms with E-state index >= 15 is 0 Å². The van der Waals surface area contributed by atoms with Gasteiger partial charge in [0.15, 0.2) is 0 Å². The number of nitrogens with one attached hydrogen (secondary N) is 2. The summed E-state index contributed by atoms with van der Waals surface area (Å²) in [4.78, 5) is 23.1. The molecule has 0 aliphatic heterocycles. The third-order valence-corrected chi connectivity index (χ3v) is 7.74. The summed E-state index contributed by atoms with van der Waals surface area (Å²) in [6, 6.07) is 2.30. The van der Waals surface area contributed by atoms with Crippen LogP contribution in [0.2, 0.25) is 5.02 Å². The highest BCUT2D eigenvalue weighted by Crippen LogP contribution is 2.36. The van der Waals surface area contributed by atoms with Crippen LogP contribution < -0.4 is 10.6 Å². The van der Waals surface area contributed by atoms with Crippen LogP contribution in [0.5, 0.6) is 0 Å². The molecule has 212 valence electrons. The minimum Gasteiger partial charge on any atom is -0.466 e. The lowest BCUT2D eigenvalue weighted by atomic mass is 10.1. The van der Waals surface area contributed by atoms with E-state index in [1.807, 2.05) is 0 Å². The van der Waals surface area contributed by atoms with Crippen LogP contribution in [0.25, 0.3) is 0 Å². The van der Waals surface area contributed by atoms with Gasteiger partial charge in [-0.25, -0.2) is 13.2 Å². The quantitative estimate of drug-likeness (QED) is 0.150. The summed E-state index contributed by atoms with van der Waals surface area (Å²) in [6.07, 6.45) is 4.61. The second kappa shape index (κ2) is 17.5. The molecule has 0 saturated heterocycles. The van der Waals surface area contributed by atoms with Crippen molar-refractivity contribution in [1.29, 1.82) is 0 Å². The molecule has 0 saturated carbocycles. The molecule has 2 N–H and O–H groups in total. The van der Waals surface area contributed by atoms with Crippen LogP contribution in [-0.2, 0) is 25.5 Å². The number of carbonyl (C=O) groups excluding carboxylic acids is 2. The molecule has 7 nitrogen and oxygen atoms in total. The summed E-state index contributed by atoms with van der Waals surface area (Å²) >= 11 is 5.55. The fraction of sp³-hybridized carbons (Fsp3) is 0.680. The van der Waals surface area contributed by atoms with Crippen LogP contribution in [0.1, 0.15) is 83.1 Å². The van der Waals surface area contributed by atoms with Crippen molar-refractivity contribution in [2.24, 2.45) is 0 Å². The normalized spacial score (nSPS) is 11.8. The first-order valence-electron chi connectivity index (χ1n) is 12.7. The van der Waals surface area contributed by atoms with Gasteiger partial charge in [-0.2, -0.15) is 13.2 Å². The number of benzene rings is 1. The minimum absolute atomic E-state index is 0.0712. The molecule has 0 bridgehead atoms. The van der Waals surface area contributed by atoms with Crippen molar-refractivity contribution in [2.75, 3.05) is 30.0 Å². The SMILES string of the molecule is CCOC(=O)CCCCCCCCCCCS(=O)(=O)CCCNC(=O)Nc1ccc(Cl)c(C(F)(F)F)c1. The Hall–Kier alpha value is -2.01. The standard InChI is InChI=1S/C25H38ClF3N2O5S/c1-2-36-23(32)13-10-8-6-4-3-5-7-9-11-17-37(34,35)18-12-16-30-24(33)31-20-14-15-22(26)21(19-20)25(27,28)29/h14-15,19H,2-13,16-18H2,1H3,(H2,30,31,33). The molecule has 0 aromatic heterocycles. The Kier molecular flexibility index (Phi) is 15.6. The maximum Gasteiger partial charge on any atom is 0.417 e. The first-order valence-corrected chi connectivity index (χ1v) is 14.9. The smallest absolute Gasteiger partial charge is 0.417 e. The van der Waals surface area contributed by atoms with Gasteiger partial charge in [0.05, 0.1) is 28.7 Å². The molecule has 0 aliphatic rings. The topological polar surface area (TPSA) is 102 Å².